The van der Waals surface area contributed by atoms with Crippen molar-refractivity contribution in [3.8, 4) is 11.5 Å². The first kappa shape index (κ1) is 11.5. The van der Waals surface area contributed by atoms with Crippen LogP contribution in [-0.2, 0) is 6.54 Å². The van der Waals surface area contributed by atoms with Crippen LogP contribution in [-0.4, -0.2) is 14.3 Å². The molecule has 1 atom stereocenters. The molecular formula is C16H16N4. The highest BCUT2D eigenvalue weighted by Crippen LogP contribution is 2.27. The Balaban J connectivity index is 1.97. The van der Waals surface area contributed by atoms with Crippen molar-refractivity contribution in [2.24, 2.45) is 0 Å². The number of para-hydroxylation sites is 1. The van der Waals surface area contributed by atoms with Gasteiger partial charge in [0.1, 0.15) is 5.82 Å². The van der Waals surface area contributed by atoms with Crippen molar-refractivity contribution in [2.75, 3.05) is 0 Å². The van der Waals surface area contributed by atoms with Gasteiger partial charge in [0, 0.05) is 30.0 Å². The van der Waals surface area contributed by atoms with Gasteiger partial charge in [-0.3, -0.25) is 0 Å². The molecule has 0 fully saturated rings. The molecule has 4 heteroatoms. The van der Waals surface area contributed by atoms with Gasteiger partial charge in [-0.15, -0.1) is 0 Å². The van der Waals surface area contributed by atoms with Gasteiger partial charge in [-0.1, -0.05) is 18.2 Å². The van der Waals surface area contributed by atoms with E-state index in [0.29, 0.717) is 6.04 Å². The van der Waals surface area contributed by atoms with E-state index in [9.17, 15) is 0 Å². The molecule has 20 heavy (non-hydrogen) atoms. The number of hydrogen-bond acceptors (Lipinski definition) is 2. The number of nitrogens with zero attached hydrogens (tertiary/aromatic N) is 3. The molecule has 3 heterocycles. The molecule has 1 N–H and O–H groups in total. The molecule has 1 aliphatic heterocycles. The number of benzene rings is 1. The molecule has 4 rings (SSSR count). The summed E-state index contributed by atoms with van der Waals surface area (Å²) in [4.78, 5) is 0. The van der Waals surface area contributed by atoms with Crippen molar-refractivity contribution >= 4 is 0 Å². The Bertz CT molecular complexity index is 739. The molecule has 100 valence electrons. The van der Waals surface area contributed by atoms with E-state index in [-0.39, 0.29) is 0 Å². The fourth-order valence-electron chi connectivity index (χ4n) is 2.82. The summed E-state index contributed by atoms with van der Waals surface area (Å²) in [6, 6.07) is 14.9. The Morgan fingerprint density at radius 1 is 1.15 bits per heavy atom. The third-order valence-electron chi connectivity index (χ3n) is 3.87. The van der Waals surface area contributed by atoms with E-state index < -0.39 is 0 Å². The maximum Gasteiger partial charge on any atom is 0.145 e. The molecule has 1 unspecified atom stereocenters. The third-order valence-corrected chi connectivity index (χ3v) is 3.87. The fraction of sp³-hybridized carbons (Fsp3) is 0.188. The van der Waals surface area contributed by atoms with Crippen LogP contribution >= 0.6 is 0 Å². The number of rotatable bonds is 1. The van der Waals surface area contributed by atoms with Gasteiger partial charge >= 0.3 is 0 Å². The highest BCUT2D eigenvalue weighted by Gasteiger charge is 2.22. The maximum absolute atomic E-state index is 4.57. The average molecular weight is 264 g/mol. The van der Waals surface area contributed by atoms with Gasteiger partial charge in [-0.2, -0.15) is 5.10 Å². The number of nitrogens with one attached hydrogen (secondary N) is 1. The largest absolute Gasteiger partial charge is 0.305 e. The highest BCUT2D eigenvalue weighted by molar-refractivity contribution is 5.45. The van der Waals surface area contributed by atoms with E-state index in [2.05, 4.69) is 52.4 Å². The van der Waals surface area contributed by atoms with Crippen molar-refractivity contribution in [3.05, 3.63) is 66.1 Å². The molecule has 0 bridgehead atoms. The summed E-state index contributed by atoms with van der Waals surface area (Å²) in [6.07, 6.45) is 4.07. The average Bonchev–Trinajstić information content (AvgIpc) is 3.09. The minimum Gasteiger partial charge on any atom is -0.305 e. The Morgan fingerprint density at radius 2 is 2.00 bits per heavy atom. The van der Waals surface area contributed by atoms with Crippen LogP contribution in [0.15, 0.2) is 54.9 Å². The zero-order chi connectivity index (χ0) is 13.5. The number of fused-ring (bicyclic) bond motifs is 3. The zero-order valence-corrected chi connectivity index (χ0v) is 11.3. The summed E-state index contributed by atoms with van der Waals surface area (Å²) < 4.78 is 4.25. The summed E-state index contributed by atoms with van der Waals surface area (Å²) in [6.45, 7) is 3.03. The molecule has 4 nitrogen and oxygen atoms in total. The quantitative estimate of drug-likeness (QED) is 0.733. The summed E-state index contributed by atoms with van der Waals surface area (Å²) >= 11 is 0. The van der Waals surface area contributed by atoms with E-state index in [1.807, 2.05) is 29.1 Å². The number of hydrogen-bond donors (Lipinski definition) is 1. The van der Waals surface area contributed by atoms with Gasteiger partial charge in [0.05, 0.1) is 11.9 Å². The van der Waals surface area contributed by atoms with Crippen LogP contribution < -0.4 is 5.32 Å². The second-order valence-electron chi connectivity index (χ2n) is 5.15. The second-order valence-corrected chi connectivity index (χ2v) is 5.15. The van der Waals surface area contributed by atoms with Crippen LogP contribution in [0, 0.1) is 0 Å². The normalized spacial score (nSPS) is 17.4. The lowest BCUT2D eigenvalue weighted by molar-refractivity contribution is 0.567. The van der Waals surface area contributed by atoms with E-state index in [1.54, 1.807) is 0 Å². The fourth-order valence-corrected chi connectivity index (χ4v) is 2.82. The van der Waals surface area contributed by atoms with Gasteiger partial charge in [-0.25, -0.2) is 4.68 Å². The first-order valence-corrected chi connectivity index (χ1v) is 6.88. The maximum atomic E-state index is 4.57. The third kappa shape index (κ3) is 1.62. The second kappa shape index (κ2) is 4.35. The predicted octanol–water partition coefficient (Wildman–Crippen LogP) is 2.83. The van der Waals surface area contributed by atoms with Crippen LogP contribution in [0.1, 0.15) is 24.2 Å². The van der Waals surface area contributed by atoms with E-state index in [4.69, 9.17) is 0 Å². The topological polar surface area (TPSA) is 34.8 Å². The lowest BCUT2D eigenvalue weighted by Crippen LogP contribution is -2.16. The standard InChI is InChI=1S/C16H16N4/c1-12-15-8-5-9-19(15)16-13(10-17-12)11-18-20(16)14-6-3-2-4-7-14/h2-9,11-12,17H,10H2,1H3. The van der Waals surface area contributed by atoms with E-state index >= 15 is 0 Å². The van der Waals surface area contributed by atoms with Crippen molar-refractivity contribution < 1.29 is 0 Å². The van der Waals surface area contributed by atoms with Crippen LogP contribution in [0.2, 0.25) is 0 Å². The predicted molar refractivity (Wildman–Crippen MR) is 78.1 cm³/mol. The van der Waals surface area contributed by atoms with Crippen LogP contribution in [0.3, 0.4) is 0 Å². The van der Waals surface area contributed by atoms with Crippen molar-refractivity contribution in [1.29, 1.82) is 0 Å². The lowest BCUT2D eigenvalue weighted by Gasteiger charge is -2.13. The van der Waals surface area contributed by atoms with Crippen LogP contribution in [0.4, 0.5) is 0 Å². The van der Waals surface area contributed by atoms with Crippen molar-refractivity contribution in [2.45, 2.75) is 19.5 Å². The minimum absolute atomic E-state index is 0.335. The minimum atomic E-state index is 0.335. The van der Waals surface area contributed by atoms with Crippen LogP contribution in [0.5, 0.6) is 0 Å². The van der Waals surface area contributed by atoms with E-state index in [0.717, 1.165) is 18.1 Å². The SMILES string of the molecule is CC1NCc2cnn(-c3ccccc3)c2-n2cccc21. The summed E-state index contributed by atoms with van der Waals surface area (Å²) in [5.74, 6) is 1.13. The Hall–Kier alpha value is -2.33. The number of aromatic nitrogens is 3. The summed E-state index contributed by atoms with van der Waals surface area (Å²) in [5, 5.41) is 8.10. The molecule has 3 aromatic rings. The first-order chi connectivity index (χ1) is 9.84. The monoisotopic (exact) mass is 264 g/mol. The molecular weight excluding hydrogens is 248 g/mol. The van der Waals surface area contributed by atoms with Gasteiger partial charge in [0.25, 0.3) is 0 Å². The molecule has 0 amide bonds. The molecule has 0 saturated carbocycles. The van der Waals surface area contributed by atoms with Crippen molar-refractivity contribution in [3.63, 3.8) is 0 Å². The smallest absolute Gasteiger partial charge is 0.145 e. The Morgan fingerprint density at radius 3 is 2.85 bits per heavy atom. The van der Waals surface area contributed by atoms with Crippen LogP contribution in [0.25, 0.3) is 11.5 Å². The molecule has 0 saturated heterocycles. The summed E-state index contributed by atoms with van der Waals surface area (Å²) in [7, 11) is 0. The van der Waals surface area contributed by atoms with Gasteiger partial charge < -0.3 is 9.88 Å². The lowest BCUT2D eigenvalue weighted by atomic mass is 10.2. The van der Waals surface area contributed by atoms with Gasteiger partial charge in [0.2, 0.25) is 0 Å². The Labute approximate surface area is 117 Å². The Kier molecular flexibility index (Phi) is 2.50. The van der Waals surface area contributed by atoms with Crippen molar-refractivity contribution in [1.82, 2.24) is 19.7 Å². The molecule has 0 spiro atoms. The molecule has 1 aliphatic rings. The highest BCUT2D eigenvalue weighted by atomic mass is 15.3. The summed E-state index contributed by atoms with van der Waals surface area (Å²) in [5.41, 5.74) is 3.57. The first-order valence-electron chi connectivity index (χ1n) is 6.88. The molecule has 0 aliphatic carbocycles. The van der Waals surface area contributed by atoms with Gasteiger partial charge in [0.15, 0.2) is 0 Å². The van der Waals surface area contributed by atoms with E-state index in [1.165, 1.54) is 11.3 Å². The zero-order valence-electron chi connectivity index (χ0n) is 11.3. The molecule has 1 aromatic carbocycles. The molecule has 0 radical (unpaired) electrons. The van der Waals surface area contributed by atoms with Gasteiger partial charge in [-0.05, 0) is 31.2 Å². The molecule has 2 aromatic heterocycles.